The fraction of sp³-hybridized carbons (Fsp3) is 0.500. The van der Waals surface area contributed by atoms with Gasteiger partial charge in [0.25, 0.3) is 5.91 Å². The predicted octanol–water partition coefficient (Wildman–Crippen LogP) is 2.56. The van der Waals surface area contributed by atoms with E-state index in [1.807, 2.05) is 26.0 Å². The van der Waals surface area contributed by atoms with Crippen molar-refractivity contribution in [3.8, 4) is 0 Å². The van der Waals surface area contributed by atoms with E-state index < -0.39 is 0 Å². The molecule has 18 heavy (non-hydrogen) atoms. The van der Waals surface area contributed by atoms with E-state index in [2.05, 4.69) is 5.43 Å². The molecule has 100 valence electrons. The van der Waals surface area contributed by atoms with Gasteiger partial charge in [0.15, 0.2) is 0 Å². The molecule has 0 aliphatic heterocycles. The molecule has 1 aromatic carbocycles. The first-order valence-electron chi connectivity index (χ1n) is 6.62. The molecule has 2 rings (SSSR count). The summed E-state index contributed by atoms with van der Waals surface area (Å²) in [6, 6.07) is 5.67. The molecule has 1 saturated carbocycles. The largest absolute Gasteiger partial charge is 0.398 e. The number of nitrogens with two attached hydrogens (primary N) is 2. The highest BCUT2D eigenvalue weighted by atomic mass is 16.2. The second-order valence-electron chi connectivity index (χ2n) is 4.30. The predicted molar refractivity (Wildman–Crippen MR) is 75.1 cm³/mol. The van der Waals surface area contributed by atoms with Crippen molar-refractivity contribution in [1.82, 2.24) is 5.43 Å². The molecule has 0 aromatic heterocycles. The fourth-order valence-electron chi connectivity index (χ4n) is 2.36. The van der Waals surface area contributed by atoms with Crippen LogP contribution in [-0.2, 0) is 0 Å². The van der Waals surface area contributed by atoms with Gasteiger partial charge in [0.2, 0.25) is 0 Å². The fourth-order valence-corrected chi connectivity index (χ4v) is 2.36. The summed E-state index contributed by atoms with van der Waals surface area (Å²) in [6.07, 6.45) is 4.95. The van der Waals surface area contributed by atoms with Crippen molar-refractivity contribution in [2.75, 3.05) is 5.73 Å². The highest BCUT2D eigenvalue weighted by Crippen LogP contribution is 2.35. The van der Waals surface area contributed by atoms with Crippen LogP contribution in [0.1, 0.15) is 61.4 Å². The van der Waals surface area contributed by atoms with Crippen LogP contribution < -0.4 is 17.0 Å². The van der Waals surface area contributed by atoms with Crippen LogP contribution in [0, 0.1) is 0 Å². The molecule has 1 amide bonds. The van der Waals surface area contributed by atoms with Crippen LogP contribution in [0.2, 0.25) is 0 Å². The molecule has 4 heteroatoms. The van der Waals surface area contributed by atoms with Gasteiger partial charge in [-0.1, -0.05) is 32.8 Å². The molecule has 0 radical (unpaired) electrons. The standard InChI is InChI=1S/C12H17N3O.C2H6/c13-11-6-5-9(8-3-1-2-4-8)7-10(11)12(16)15-14;1-2/h5-8H,1-4,13-14H2,(H,15,16);1-2H3. The Bertz CT molecular complexity index is 398. The van der Waals surface area contributed by atoms with Gasteiger partial charge in [0.1, 0.15) is 0 Å². The Labute approximate surface area is 109 Å². The normalized spacial score (nSPS) is 14.8. The van der Waals surface area contributed by atoms with Gasteiger partial charge >= 0.3 is 0 Å². The molecule has 4 nitrogen and oxygen atoms in total. The first-order valence-corrected chi connectivity index (χ1v) is 6.62. The number of anilines is 1. The molecule has 1 aliphatic rings. The number of nitrogen functional groups attached to an aromatic ring is 2. The number of nitrogens with one attached hydrogen (secondary N) is 1. The molecule has 5 N–H and O–H groups in total. The molecule has 1 aromatic rings. The Balaban J connectivity index is 0.000000771. The van der Waals surface area contributed by atoms with Crippen LogP contribution in [0.15, 0.2) is 18.2 Å². The summed E-state index contributed by atoms with van der Waals surface area (Å²) in [6.45, 7) is 4.00. The van der Waals surface area contributed by atoms with E-state index in [9.17, 15) is 4.79 Å². The van der Waals surface area contributed by atoms with Gasteiger partial charge in [-0.05, 0) is 36.5 Å². The third kappa shape index (κ3) is 3.23. The smallest absolute Gasteiger partial charge is 0.267 e. The van der Waals surface area contributed by atoms with Gasteiger partial charge in [-0.2, -0.15) is 0 Å². The molecule has 1 aliphatic carbocycles. The first kappa shape index (κ1) is 14.5. The summed E-state index contributed by atoms with van der Waals surface area (Å²) >= 11 is 0. The molecule has 1 fully saturated rings. The van der Waals surface area contributed by atoms with E-state index in [-0.39, 0.29) is 5.91 Å². The van der Waals surface area contributed by atoms with Crippen LogP contribution >= 0.6 is 0 Å². The molecule has 0 atom stereocenters. The Hall–Kier alpha value is -1.55. The van der Waals surface area contributed by atoms with Crippen molar-refractivity contribution in [3.63, 3.8) is 0 Å². The topological polar surface area (TPSA) is 81.1 Å². The number of rotatable bonds is 2. The molecular formula is C14H23N3O. The van der Waals surface area contributed by atoms with E-state index in [1.54, 1.807) is 6.07 Å². The molecule has 0 saturated heterocycles. The lowest BCUT2D eigenvalue weighted by atomic mass is 9.95. The highest BCUT2D eigenvalue weighted by Gasteiger charge is 2.19. The Morgan fingerprint density at radius 2 is 1.89 bits per heavy atom. The third-order valence-electron chi connectivity index (χ3n) is 3.28. The number of carbonyl (C=O) groups excluding carboxylic acids is 1. The van der Waals surface area contributed by atoms with Gasteiger partial charge < -0.3 is 5.73 Å². The van der Waals surface area contributed by atoms with Crippen LogP contribution in [0.4, 0.5) is 5.69 Å². The lowest BCUT2D eigenvalue weighted by molar-refractivity contribution is 0.0954. The Morgan fingerprint density at radius 1 is 1.28 bits per heavy atom. The van der Waals surface area contributed by atoms with Crippen LogP contribution in [0.5, 0.6) is 0 Å². The number of benzene rings is 1. The second-order valence-corrected chi connectivity index (χ2v) is 4.30. The Morgan fingerprint density at radius 3 is 2.44 bits per heavy atom. The first-order chi connectivity index (χ1) is 8.72. The maximum absolute atomic E-state index is 11.5. The summed E-state index contributed by atoms with van der Waals surface area (Å²) in [5.74, 6) is 5.37. The third-order valence-corrected chi connectivity index (χ3v) is 3.28. The minimum Gasteiger partial charge on any atom is -0.398 e. The zero-order valence-electron chi connectivity index (χ0n) is 11.2. The summed E-state index contributed by atoms with van der Waals surface area (Å²) < 4.78 is 0. The number of hydrogen-bond acceptors (Lipinski definition) is 3. The lowest BCUT2D eigenvalue weighted by Gasteiger charge is -2.12. The quantitative estimate of drug-likeness (QED) is 0.326. The van der Waals surface area contributed by atoms with Gasteiger partial charge in [-0.3, -0.25) is 10.2 Å². The van der Waals surface area contributed by atoms with E-state index >= 15 is 0 Å². The van der Waals surface area contributed by atoms with Crippen molar-refractivity contribution < 1.29 is 4.79 Å². The SMILES string of the molecule is CC.NNC(=O)c1cc(C2CCCC2)ccc1N. The van der Waals surface area contributed by atoms with Crippen LogP contribution in [0.3, 0.4) is 0 Å². The summed E-state index contributed by atoms with van der Waals surface area (Å²) in [5.41, 5.74) is 10.0. The minimum atomic E-state index is -0.322. The highest BCUT2D eigenvalue weighted by molar-refractivity contribution is 5.98. The number of amides is 1. The summed E-state index contributed by atoms with van der Waals surface area (Å²) in [5, 5.41) is 0. The van der Waals surface area contributed by atoms with E-state index in [4.69, 9.17) is 11.6 Å². The Kier molecular flexibility index (Phi) is 5.65. The van der Waals surface area contributed by atoms with Crippen LogP contribution in [-0.4, -0.2) is 5.91 Å². The van der Waals surface area contributed by atoms with Crippen molar-refractivity contribution in [2.45, 2.75) is 45.4 Å². The lowest BCUT2D eigenvalue weighted by Crippen LogP contribution is -2.30. The van der Waals surface area contributed by atoms with Gasteiger partial charge in [-0.25, -0.2) is 5.84 Å². The van der Waals surface area contributed by atoms with Crippen LogP contribution in [0.25, 0.3) is 0 Å². The second kappa shape index (κ2) is 7.01. The summed E-state index contributed by atoms with van der Waals surface area (Å²) in [7, 11) is 0. The van der Waals surface area contributed by atoms with Gasteiger partial charge in [0, 0.05) is 5.69 Å². The van der Waals surface area contributed by atoms with E-state index in [0.717, 1.165) is 0 Å². The van der Waals surface area contributed by atoms with Gasteiger partial charge in [-0.15, -0.1) is 0 Å². The molecule has 0 unspecified atom stereocenters. The average molecular weight is 249 g/mol. The monoisotopic (exact) mass is 249 g/mol. The maximum Gasteiger partial charge on any atom is 0.267 e. The number of hydrogen-bond donors (Lipinski definition) is 3. The molecule has 0 heterocycles. The number of hydrazine groups is 1. The van der Waals surface area contributed by atoms with Crippen molar-refractivity contribution >= 4 is 11.6 Å². The maximum atomic E-state index is 11.5. The molecule has 0 bridgehead atoms. The zero-order chi connectivity index (χ0) is 13.5. The van der Waals surface area contributed by atoms with Crippen molar-refractivity contribution in [1.29, 1.82) is 0 Å². The van der Waals surface area contributed by atoms with Crippen molar-refractivity contribution in [3.05, 3.63) is 29.3 Å². The van der Waals surface area contributed by atoms with E-state index in [0.29, 0.717) is 17.2 Å². The molecule has 0 spiro atoms. The van der Waals surface area contributed by atoms with E-state index in [1.165, 1.54) is 31.2 Å². The van der Waals surface area contributed by atoms with Crippen molar-refractivity contribution in [2.24, 2.45) is 5.84 Å². The zero-order valence-corrected chi connectivity index (χ0v) is 11.2. The summed E-state index contributed by atoms with van der Waals surface area (Å²) in [4.78, 5) is 11.5. The molecular weight excluding hydrogens is 226 g/mol. The minimum absolute atomic E-state index is 0.322. The average Bonchev–Trinajstić information content (AvgIpc) is 2.95. The van der Waals surface area contributed by atoms with Gasteiger partial charge in [0.05, 0.1) is 5.56 Å². The number of carbonyl (C=O) groups is 1.